The molecule has 5 heterocycles. The molecule has 5 aromatic rings. The summed E-state index contributed by atoms with van der Waals surface area (Å²) in [7, 11) is 3.67. The van der Waals surface area contributed by atoms with Crippen LogP contribution in [0.2, 0.25) is 0 Å². The van der Waals surface area contributed by atoms with Gasteiger partial charge in [-0.2, -0.15) is 0 Å². The normalized spacial score (nSPS) is 15.1. The standard InChI is InChI=1S/C29H31FN10O2/c1-38-10-12-39(13-11-38)24(17-42-2)28(41)36-23-5-3-4-20-21(15-33-27(20)23)26-22(30)16-34-29(37-26)35-19-6-7-25(32-14-19)40-9-8-31-18-40/h3-9,14-16,18,24,33H,10-13,17H2,1-2H3,(H,36,41)(H,34,35,37). The van der Waals surface area contributed by atoms with Gasteiger partial charge in [-0.25, -0.2) is 24.3 Å². The summed E-state index contributed by atoms with van der Waals surface area (Å²) in [5.74, 6) is 0.201. The quantitative estimate of drug-likeness (QED) is 0.245. The van der Waals surface area contributed by atoms with E-state index in [-0.39, 0.29) is 24.2 Å². The van der Waals surface area contributed by atoms with Gasteiger partial charge >= 0.3 is 0 Å². The van der Waals surface area contributed by atoms with Crippen molar-refractivity contribution in [2.75, 3.05) is 57.6 Å². The van der Waals surface area contributed by atoms with E-state index in [0.29, 0.717) is 33.7 Å². The van der Waals surface area contributed by atoms with Gasteiger partial charge in [0.2, 0.25) is 11.9 Å². The van der Waals surface area contributed by atoms with Gasteiger partial charge in [0.1, 0.15) is 23.9 Å². The number of pyridine rings is 1. The number of aromatic amines is 1. The Kier molecular flexibility index (Phi) is 7.86. The SMILES string of the molecule is COCC(C(=O)Nc1cccc2c(-c3nc(Nc4ccc(-n5ccnc5)nc4)ncc3F)c[nH]c12)N1CCN(C)CC1. The van der Waals surface area contributed by atoms with Crippen LogP contribution >= 0.6 is 0 Å². The number of aromatic nitrogens is 6. The van der Waals surface area contributed by atoms with Crippen LogP contribution in [-0.4, -0.2) is 98.2 Å². The summed E-state index contributed by atoms with van der Waals surface area (Å²) in [5, 5.41) is 6.86. The van der Waals surface area contributed by atoms with Gasteiger partial charge < -0.3 is 25.3 Å². The number of para-hydroxylation sites is 1. The molecule has 3 N–H and O–H groups in total. The Morgan fingerprint density at radius 1 is 1.14 bits per heavy atom. The Bertz CT molecular complexity index is 1660. The number of methoxy groups -OCH3 is 1. The van der Waals surface area contributed by atoms with Crippen molar-refractivity contribution in [2.24, 2.45) is 0 Å². The molecule has 1 amide bonds. The second-order valence-corrected chi connectivity index (χ2v) is 10.1. The molecule has 1 aromatic carbocycles. The predicted molar refractivity (Wildman–Crippen MR) is 157 cm³/mol. The summed E-state index contributed by atoms with van der Waals surface area (Å²) < 4.78 is 22.2. The number of amides is 1. The van der Waals surface area contributed by atoms with Gasteiger partial charge in [0, 0.05) is 62.8 Å². The molecule has 0 spiro atoms. The van der Waals surface area contributed by atoms with Crippen molar-refractivity contribution in [3.05, 3.63) is 73.5 Å². The number of nitrogens with one attached hydrogen (secondary N) is 3. The number of carbonyl (C=O) groups excluding carboxylic acids is 1. The number of hydrogen-bond acceptors (Lipinski definition) is 9. The number of nitrogens with zero attached hydrogens (tertiary/aromatic N) is 7. The van der Waals surface area contributed by atoms with Gasteiger partial charge in [0.25, 0.3) is 0 Å². The van der Waals surface area contributed by atoms with Crippen molar-refractivity contribution in [1.29, 1.82) is 0 Å². The lowest BCUT2D eigenvalue weighted by Gasteiger charge is -2.36. The average molecular weight is 571 g/mol. The fourth-order valence-corrected chi connectivity index (χ4v) is 5.06. The molecular formula is C29H31FN10O2. The highest BCUT2D eigenvalue weighted by Crippen LogP contribution is 2.33. The van der Waals surface area contributed by atoms with Crippen LogP contribution in [0.4, 0.5) is 21.7 Å². The van der Waals surface area contributed by atoms with E-state index in [4.69, 9.17) is 4.74 Å². The first-order chi connectivity index (χ1) is 20.5. The smallest absolute Gasteiger partial charge is 0.244 e. The number of rotatable bonds is 9. The number of piperazine rings is 1. The molecule has 0 bridgehead atoms. The fraction of sp³-hybridized carbons (Fsp3) is 0.276. The molecule has 216 valence electrons. The number of fused-ring (bicyclic) bond motifs is 1. The average Bonchev–Trinajstić information content (AvgIpc) is 3.69. The molecule has 4 aromatic heterocycles. The molecule has 1 atom stereocenters. The molecule has 1 aliphatic rings. The summed E-state index contributed by atoms with van der Waals surface area (Å²) in [5.41, 5.74) is 2.58. The zero-order chi connectivity index (χ0) is 29.1. The van der Waals surface area contributed by atoms with Gasteiger partial charge in [0.05, 0.1) is 35.9 Å². The number of anilines is 3. The highest BCUT2D eigenvalue weighted by Gasteiger charge is 2.29. The number of hydrogen-bond donors (Lipinski definition) is 3. The predicted octanol–water partition coefficient (Wildman–Crippen LogP) is 3.29. The monoisotopic (exact) mass is 570 g/mol. The number of imidazole rings is 1. The molecular weight excluding hydrogens is 539 g/mol. The third-order valence-corrected chi connectivity index (χ3v) is 7.35. The maximum absolute atomic E-state index is 15.1. The third-order valence-electron chi connectivity index (χ3n) is 7.35. The van der Waals surface area contributed by atoms with Gasteiger partial charge in [-0.1, -0.05) is 12.1 Å². The van der Waals surface area contributed by atoms with Crippen LogP contribution in [-0.2, 0) is 9.53 Å². The molecule has 13 heteroatoms. The molecule has 1 aliphatic heterocycles. The first-order valence-electron chi connectivity index (χ1n) is 13.6. The molecule has 1 unspecified atom stereocenters. The molecule has 12 nitrogen and oxygen atoms in total. The summed E-state index contributed by atoms with van der Waals surface area (Å²) in [6.07, 6.45) is 9.60. The molecule has 0 saturated carbocycles. The molecule has 1 saturated heterocycles. The van der Waals surface area contributed by atoms with Crippen molar-refractivity contribution in [3.63, 3.8) is 0 Å². The Morgan fingerprint density at radius 2 is 2.00 bits per heavy atom. The molecule has 42 heavy (non-hydrogen) atoms. The lowest BCUT2D eigenvalue weighted by atomic mass is 10.1. The summed E-state index contributed by atoms with van der Waals surface area (Å²) in [4.78, 5) is 38.0. The van der Waals surface area contributed by atoms with Gasteiger partial charge in [-0.05, 0) is 25.2 Å². The van der Waals surface area contributed by atoms with Crippen molar-refractivity contribution in [2.45, 2.75) is 6.04 Å². The molecule has 0 radical (unpaired) electrons. The van der Waals surface area contributed by atoms with E-state index in [1.54, 1.807) is 42.8 Å². The zero-order valence-electron chi connectivity index (χ0n) is 23.3. The topological polar surface area (TPSA) is 129 Å². The van der Waals surface area contributed by atoms with Crippen molar-refractivity contribution in [3.8, 4) is 17.1 Å². The maximum atomic E-state index is 15.1. The second kappa shape index (κ2) is 12.0. The van der Waals surface area contributed by atoms with Crippen LogP contribution in [0, 0.1) is 5.82 Å². The number of likely N-dealkylation sites (N-methyl/N-ethyl adjacent to an activating group) is 1. The second-order valence-electron chi connectivity index (χ2n) is 10.1. The van der Waals surface area contributed by atoms with Crippen molar-refractivity contribution in [1.82, 2.24) is 39.3 Å². The first-order valence-corrected chi connectivity index (χ1v) is 13.6. The minimum absolute atomic E-state index is 0.125. The van der Waals surface area contributed by atoms with E-state index in [1.807, 2.05) is 30.3 Å². The van der Waals surface area contributed by atoms with E-state index < -0.39 is 11.9 Å². The van der Waals surface area contributed by atoms with E-state index in [9.17, 15) is 4.79 Å². The lowest BCUT2D eigenvalue weighted by molar-refractivity contribution is -0.124. The number of carbonyl (C=O) groups is 1. The fourth-order valence-electron chi connectivity index (χ4n) is 5.06. The Morgan fingerprint density at radius 3 is 2.74 bits per heavy atom. The van der Waals surface area contributed by atoms with E-state index >= 15 is 4.39 Å². The van der Waals surface area contributed by atoms with Crippen LogP contribution < -0.4 is 10.6 Å². The zero-order valence-corrected chi connectivity index (χ0v) is 23.3. The molecule has 6 rings (SSSR count). The van der Waals surface area contributed by atoms with Gasteiger partial charge in [0.15, 0.2) is 5.82 Å². The Hall–Kier alpha value is -4.72. The van der Waals surface area contributed by atoms with E-state index in [2.05, 4.69) is 52.4 Å². The van der Waals surface area contributed by atoms with Gasteiger partial charge in [-0.3, -0.25) is 14.3 Å². The third kappa shape index (κ3) is 5.70. The number of halogens is 1. The van der Waals surface area contributed by atoms with Crippen LogP contribution in [0.15, 0.2) is 67.6 Å². The summed E-state index contributed by atoms with van der Waals surface area (Å²) in [6.45, 7) is 3.62. The lowest BCUT2D eigenvalue weighted by Crippen LogP contribution is -2.54. The van der Waals surface area contributed by atoms with E-state index in [0.717, 1.165) is 32.4 Å². The first kappa shape index (κ1) is 27.4. The largest absolute Gasteiger partial charge is 0.383 e. The highest BCUT2D eigenvalue weighted by atomic mass is 19.1. The summed E-state index contributed by atoms with van der Waals surface area (Å²) >= 11 is 0. The molecule has 0 aliphatic carbocycles. The maximum Gasteiger partial charge on any atom is 0.244 e. The van der Waals surface area contributed by atoms with Crippen molar-refractivity contribution < 1.29 is 13.9 Å². The van der Waals surface area contributed by atoms with Crippen LogP contribution in [0.3, 0.4) is 0 Å². The highest BCUT2D eigenvalue weighted by molar-refractivity contribution is 6.06. The Balaban J connectivity index is 1.23. The van der Waals surface area contributed by atoms with Crippen molar-refractivity contribution >= 4 is 34.1 Å². The minimum Gasteiger partial charge on any atom is -0.383 e. The van der Waals surface area contributed by atoms with Crippen LogP contribution in [0.1, 0.15) is 0 Å². The molecule has 1 fully saturated rings. The number of benzene rings is 1. The Labute approximate surface area is 241 Å². The number of ether oxygens (including phenoxy) is 1. The van der Waals surface area contributed by atoms with Crippen LogP contribution in [0.25, 0.3) is 28.0 Å². The minimum atomic E-state index is -0.570. The summed E-state index contributed by atoms with van der Waals surface area (Å²) in [6, 6.07) is 8.72. The van der Waals surface area contributed by atoms with Crippen LogP contribution in [0.5, 0.6) is 0 Å². The van der Waals surface area contributed by atoms with Gasteiger partial charge in [-0.15, -0.1) is 0 Å². The van der Waals surface area contributed by atoms with E-state index in [1.165, 1.54) is 0 Å². The number of H-pyrrole nitrogens is 1.